The molecular formula is C17H15ClF2N6. The number of hydrogen-bond acceptors (Lipinski definition) is 5. The van der Waals surface area contributed by atoms with Crippen LogP contribution >= 0.6 is 11.6 Å². The molecule has 3 rings (SSSR count). The van der Waals surface area contributed by atoms with Gasteiger partial charge in [-0.1, -0.05) is 12.1 Å². The summed E-state index contributed by atoms with van der Waals surface area (Å²) in [6.45, 7) is 2.18. The number of rotatable bonds is 6. The molecule has 0 bridgehead atoms. The first-order chi connectivity index (χ1) is 12.5. The average Bonchev–Trinajstić information content (AvgIpc) is 3.02. The topological polar surface area (TPSA) is 79.5 Å². The van der Waals surface area contributed by atoms with Crippen LogP contribution in [0.5, 0.6) is 0 Å². The molecule has 6 nitrogen and oxygen atoms in total. The maximum atomic E-state index is 12.8. The first-order valence-electron chi connectivity index (χ1n) is 7.69. The van der Waals surface area contributed by atoms with Crippen LogP contribution in [-0.4, -0.2) is 26.0 Å². The van der Waals surface area contributed by atoms with E-state index in [2.05, 4.69) is 20.4 Å². The summed E-state index contributed by atoms with van der Waals surface area (Å²) in [5.41, 5.74) is 2.56. The lowest BCUT2D eigenvalue weighted by atomic mass is 10.2. The zero-order valence-electron chi connectivity index (χ0n) is 13.7. The van der Waals surface area contributed by atoms with E-state index in [0.29, 0.717) is 29.3 Å². The van der Waals surface area contributed by atoms with Crippen LogP contribution in [0.3, 0.4) is 0 Å². The summed E-state index contributed by atoms with van der Waals surface area (Å²) in [6.07, 6.45) is 0.0127. The highest BCUT2D eigenvalue weighted by atomic mass is 35.5. The second-order valence-corrected chi connectivity index (χ2v) is 5.87. The first-order valence-corrected chi connectivity index (χ1v) is 8.06. The zero-order chi connectivity index (χ0) is 18.7. The van der Waals surface area contributed by atoms with Gasteiger partial charge in [-0.15, -0.1) is 0 Å². The molecule has 26 heavy (non-hydrogen) atoms. The number of nitrogens with one attached hydrogen (secondary N) is 2. The molecule has 0 aliphatic rings. The second-order valence-electron chi connectivity index (χ2n) is 5.53. The fourth-order valence-corrected chi connectivity index (χ4v) is 2.56. The monoisotopic (exact) mass is 376 g/mol. The normalized spacial score (nSPS) is 11.0. The number of halogens is 3. The molecule has 2 heterocycles. The van der Waals surface area contributed by atoms with Crippen molar-refractivity contribution in [3.63, 3.8) is 0 Å². The minimum absolute atomic E-state index is 0.0949. The van der Waals surface area contributed by atoms with E-state index in [9.17, 15) is 8.78 Å². The van der Waals surface area contributed by atoms with Gasteiger partial charge >= 0.3 is 0 Å². The van der Waals surface area contributed by atoms with E-state index >= 15 is 0 Å². The summed E-state index contributed by atoms with van der Waals surface area (Å²) in [5, 5.41) is 14.5. The molecule has 0 aliphatic carbocycles. The fourth-order valence-electron chi connectivity index (χ4n) is 2.42. The summed E-state index contributed by atoms with van der Waals surface area (Å²) in [6, 6.07) is 8.70. The molecule has 0 fully saturated rings. The number of hydrogen-bond donors (Lipinski definition) is 2. The molecule has 1 aromatic carbocycles. The van der Waals surface area contributed by atoms with E-state index in [0.717, 1.165) is 11.8 Å². The number of anilines is 1. The zero-order valence-corrected chi connectivity index (χ0v) is 14.5. The molecule has 0 atom stereocenters. The summed E-state index contributed by atoms with van der Waals surface area (Å²) in [5.74, 6) is 0.466. The Morgan fingerprint density at radius 1 is 1.31 bits per heavy atom. The highest BCUT2D eigenvalue weighted by Crippen LogP contribution is 2.21. The molecule has 0 amide bonds. The third-order valence-corrected chi connectivity index (χ3v) is 3.90. The molecule has 0 saturated heterocycles. The maximum absolute atomic E-state index is 12.8. The average molecular weight is 377 g/mol. The number of aryl methyl sites for hydroxylation is 1. The van der Waals surface area contributed by atoms with Gasteiger partial charge in [-0.2, -0.15) is 5.10 Å². The number of nitrogens with zero attached hydrogens (tertiary/aromatic N) is 4. The quantitative estimate of drug-likeness (QED) is 0.500. The van der Waals surface area contributed by atoms with Crippen LogP contribution in [0, 0.1) is 12.3 Å². The molecule has 0 saturated carbocycles. The minimum atomic E-state index is -2.60. The Balaban J connectivity index is 1.74. The fraction of sp³-hybridized carbons (Fsp3) is 0.176. The molecule has 3 aromatic rings. The molecule has 2 aromatic heterocycles. The van der Waals surface area contributed by atoms with Crippen LogP contribution in [0.25, 0.3) is 5.69 Å². The SMILES string of the molecule is Cc1cc(C(F)F)nn1-c1ccc(CNc2nc(Cl)ncc2C=N)cc1. The van der Waals surface area contributed by atoms with Crippen LogP contribution in [0.4, 0.5) is 14.6 Å². The Morgan fingerprint density at radius 2 is 2.04 bits per heavy atom. The largest absolute Gasteiger partial charge is 0.365 e. The molecule has 0 spiro atoms. The van der Waals surface area contributed by atoms with Crippen molar-refractivity contribution in [3.05, 3.63) is 64.3 Å². The van der Waals surface area contributed by atoms with Gasteiger partial charge in [0.15, 0.2) is 0 Å². The lowest BCUT2D eigenvalue weighted by molar-refractivity contribution is 0.145. The van der Waals surface area contributed by atoms with Gasteiger partial charge < -0.3 is 10.7 Å². The van der Waals surface area contributed by atoms with Crippen molar-refractivity contribution in [2.45, 2.75) is 19.9 Å². The Labute approximate surface area is 153 Å². The highest BCUT2D eigenvalue weighted by molar-refractivity contribution is 6.28. The Bertz CT molecular complexity index is 924. The molecule has 9 heteroatoms. The van der Waals surface area contributed by atoms with Crippen LogP contribution in [0.2, 0.25) is 5.28 Å². The summed E-state index contributed by atoms with van der Waals surface area (Å²) in [4.78, 5) is 7.90. The van der Waals surface area contributed by atoms with Gasteiger partial charge in [0.1, 0.15) is 11.5 Å². The second kappa shape index (κ2) is 7.57. The van der Waals surface area contributed by atoms with E-state index in [4.69, 9.17) is 17.0 Å². The molecule has 0 radical (unpaired) electrons. The van der Waals surface area contributed by atoms with Crippen molar-refractivity contribution >= 4 is 23.6 Å². The van der Waals surface area contributed by atoms with E-state index in [1.807, 2.05) is 12.1 Å². The van der Waals surface area contributed by atoms with Crippen molar-refractivity contribution < 1.29 is 8.78 Å². The predicted molar refractivity (Wildman–Crippen MR) is 95.5 cm³/mol. The van der Waals surface area contributed by atoms with E-state index in [1.165, 1.54) is 16.9 Å². The van der Waals surface area contributed by atoms with Gasteiger partial charge in [-0.05, 0) is 42.3 Å². The van der Waals surface area contributed by atoms with Crippen LogP contribution in [0.15, 0.2) is 36.5 Å². The first kappa shape index (κ1) is 17.9. The molecular weight excluding hydrogens is 362 g/mol. The Morgan fingerprint density at radius 3 is 2.65 bits per heavy atom. The van der Waals surface area contributed by atoms with Crippen molar-refractivity contribution in [3.8, 4) is 5.69 Å². The summed E-state index contributed by atoms with van der Waals surface area (Å²) >= 11 is 5.78. The Hall–Kier alpha value is -2.87. The van der Waals surface area contributed by atoms with Gasteiger partial charge in [0.25, 0.3) is 6.43 Å². The molecule has 134 valence electrons. The van der Waals surface area contributed by atoms with Crippen molar-refractivity contribution in [2.24, 2.45) is 0 Å². The highest BCUT2D eigenvalue weighted by Gasteiger charge is 2.14. The number of aromatic nitrogens is 4. The van der Waals surface area contributed by atoms with Crippen LogP contribution in [-0.2, 0) is 6.54 Å². The van der Waals surface area contributed by atoms with Gasteiger partial charge in [-0.3, -0.25) is 0 Å². The molecule has 0 unspecified atom stereocenters. The van der Waals surface area contributed by atoms with Crippen LogP contribution < -0.4 is 5.32 Å². The standard InChI is InChI=1S/C17H15ClF2N6/c1-10-6-14(15(19)20)25-26(10)13-4-2-11(3-5-13)8-22-16-12(7-21)9-23-17(18)24-16/h2-7,9,15,21H,8H2,1H3,(H,22,23,24). The smallest absolute Gasteiger partial charge is 0.282 e. The Kier molecular flexibility index (Phi) is 5.22. The van der Waals surface area contributed by atoms with Crippen molar-refractivity contribution in [2.75, 3.05) is 5.32 Å². The maximum Gasteiger partial charge on any atom is 0.282 e. The lowest BCUT2D eigenvalue weighted by Gasteiger charge is -2.09. The molecule has 0 aliphatic heterocycles. The van der Waals surface area contributed by atoms with Crippen molar-refractivity contribution in [1.82, 2.24) is 19.7 Å². The van der Waals surface area contributed by atoms with Gasteiger partial charge in [0.05, 0.1) is 11.3 Å². The number of benzene rings is 1. The van der Waals surface area contributed by atoms with E-state index in [1.54, 1.807) is 19.1 Å². The summed E-state index contributed by atoms with van der Waals surface area (Å²) in [7, 11) is 0. The van der Waals surface area contributed by atoms with E-state index < -0.39 is 6.43 Å². The van der Waals surface area contributed by atoms with Gasteiger partial charge in [0, 0.05) is 24.7 Å². The van der Waals surface area contributed by atoms with E-state index in [-0.39, 0.29) is 11.0 Å². The van der Waals surface area contributed by atoms with Crippen molar-refractivity contribution in [1.29, 1.82) is 5.41 Å². The lowest BCUT2D eigenvalue weighted by Crippen LogP contribution is -2.06. The molecule has 2 N–H and O–H groups in total. The summed E-state index contributed by atoms with van der Waals surface area (Å²) < 4.78 is 27.0. The third-order valence-electron chi connectivity index (χ3n) is 3.71. The van der Waals surface area contributed by atoms with Gasteiger partial charge in [-0.25, -0.2) is 23.4 Å². The number of alkyl halides is 2. The third kappa shape index (κ3) is 3.85. The predicted octanol–water partition coefficient (Wildman–Crippen LogP) is 4.17. The van der Waals surface area contributed by atoms with Crippen LogP contribution in [0.1, 0.15) is 28.9 Å². The minimum Gasteiger partial charge on any atom is -0.365 e. The van der Waals surface area contributed by atoms with Gasteiger partial charge in [0.2, 0.25) is 5.28 Å².